The van der Waals surface area contributed by atoms with E-state index in [1.54, 1.807) is 11.3 Å². The molecule has 0 spiro atoms. The topological polar surface area (TPSA) is 38.2 Å². The Kier molecular flexibility index (Phi) is 3.84. The van der Waals surface area contributed by atoms with Crippen molar-refractivity contribution in [3.8, 4) is 0 Å². The van der Waals surface area contributed by atoms with Crippen molar-refractivity contribution in [1.29, 1.82) is 0 Å². The van der Waals surface area contributed by atoms with Crippen LogP contribution in [0.3, 0.4) is 0 Å². The number of hydrogen-bond acceptors (Lipinski definition) is 5. The van der Waals surface area contributed by atoms with Gasteiger partial charge in [0.15, 0.2) is 0 Å². The van der Waals surface area contributed by atoms with Crippen molar-refractivity contribution in [2.24, 2.45) is 0 Å². The first kappa shape index (κ1) is 14.2. The van der Waals surface area contributed by atoms with Crippen molar-refractivity contribution in [2.75, 3.05) is 24.6 Å². The summed E-state index contributed by atoms with van der Waals surface area (Å²) in [6.07, 6.45) is 4.90. The van der Waals surface area contributed by atoms with Gasteiger partial charge < -0.3 is 9.64 Å². The van der Waals surface area contributed by atoms with E-state index < -0.39 is 0 Å². The highest BCUT2D eigenvalue weighted by Gasteiger charge is 2.27. The van der Waals surface area contributed by atoms with E-state index in [9.17, 15) is 0 Å². The van der Waals surface area contributed by atoms with Gasteiger partial charge in [-0.3, -0.25) is 0 Å². The molecule has 0 radical (unpaired) electrons. The number of aromatic nitrogens is 2. The fourth-order valence-corrected chi connectivity index (χ4v) is 4.21. The predicted molar refractivity (Wildman–Crippen MR) is 88.6 cm³/mol. The van der Waals surface area contributed by atoms with Crippen LogP contribution in [0.1, 0.15) is 40.9 Å². The molecule has 2 aliphatic rings. The maximum Gasteiger partial charge on any atom is 0.135 e. The van der Waals surface area contributed by atoms with Gasteiger partial charge in [0, 0.05) is 22.7 Å². The third-order valence-corrected chi connectivity index (χ3v) is 5.46. The van der Waals surface area contributed by atoms with Crippen LogP contribution in [-0.2, 0) is 17.6 Å². The van der Waals surface area contributed by atoms with E-state index in [-0.39, 0.29) is 6.10 Å². The van der Waals surface area contributed by atoms with Crippen LogP contribution in [0, 0.1) is 6.92 Å². The van der Waals surface area contributed by atoms with Gasteiger partial charge in [-0.05, 0) is 44.1 Å². The largest absolute Gasteiger partial charge is 0.369 e. The van der Waals surface area contributed by atoms with Crippen LogP contribution in [0.15, 0.2) is 17.5 Å². The molecule has 0 amide bonds. The third-order valence-electron chi connectivity index (χ3n) is 4.50. The number of rotatable bonds is 2. The van der Waals surface area contributed by atoms with Gasteiger partial charge in [0.05, 0.1) is 13.2 Å². The summed E-state index contributed by atoms with van der Waals surface area (Å²) < 4.78 is 5.97. The van der Waals surface area contributed by atoms with Gasteiger partial charge in [0.25, 0.3) is 0 Å². The molecule has 2 aromatic heterocycles. The first-order valence-electron chi connectivity index (χ1n) is 8.07. The number of hydrogen-bond donors (Lipinski definition) is 0. The smallest absolute Gasteiger partial charge is 0.135 e. The van der Waals surface area contributed by atoms with E-state index in [2.05, 4.69) is 27.4 Å². The zero-order valence-corrected chi connectivity index (χ0v) is 13.7. The lowest BCUT2D eigenvalue weighted by molar-refractivity contribution is 0.0417. The SMILES string of the molecule is Cc1nc2c(c(N3CCOC(c4cccs4)C3)n1)CCCC2. The molecule has 1 atom stereocenters. The van der Waals surface area contributed by atoms with Crippen molar-refractivity contribution in [3.63, 3.8) is 0 Å². The summed E-state index contributed by atoms with van der Waals surface area (Å²) in [5.74, 6) is 2.06. The Morgan fingerprint density at radius 1 is 1.27 bits per heavy atom. The molecule has 5 heteroatoms. The standard InChI is InChI=1S/C17H21N3OS/c1-12-18-14-6-3-2-5-13(14)17(19-12)20-8-9-21-15(11-20)16-7-4-10-22-16/h4,7,10,15H,2-3,5-6,8-9,11H2,1H3. The lowest BCUT2D eigenvalue weighted by atomic mass is 9.96. The summed E-state index contributed by atoms with van der Waals surface area (Å²) in [6, 6.07) is 4.26. The molecule has 1 fully saturated rings. The van der Waals surface area contributed by atoms with Gasteiger partial charge in [-0.2, -0.15) is 0 Å². The fraction of sp³-hybridized carbons (Fsp3) is 0.529. The second-order valence-corrected chi connectivity index (χ2v) is 7.03. The van der Waals surface area contributed by atoms with Gasteiger partial charge in [-0.15, -0.1) is 11.3 Å². The van der Waals surface area contributed by atoms with Gasteiger partial charge in [0.2, 0.25) is 0 Å². The van der Waals surface area contributed by atoms with Crippen LogP contribution in [0.2, 0.25) is 0 Å². The van der Waals surface area contributed by atoms with Crippen molar-refractivity contribution in [1.82, 2.24) is 9.97 Å². The molecule has 4 nitrogen and oxygen atoms in total. The van der Waals surface area contributed by atoms with E-state index in [0.717, 1.165) is 44.2 Å². The minimum atomic E-state index is 0.170. The summed E-state index contributed by atoms with van der Waals surface area (Å²) in [5.41, 5.74) is 2.65. The van der Waals surface area contributed by atoms with Crippen LogP contribution >= 0.6 is 11.3 Å². The number of nitrogens with zero attached hydrogens (tertiary/aromatic N) is 3. The van der Waals surface area contributed by atoms with Crippen molar-refractivity contribution < 1.29 is 4.74 Å². The molecule has 3 heterocycles. The van der Waals surface area contributed by atoms with Crippen LogP contribution in [-0.4, -0.2) is 29.7 Å². The molecule has 1 aliphatic carbocycles. The average Bonchev–Trinajstić information content (AvgIpc) is 3.09. The second kappa shape index (κ2) is 5.97. The summed E-state index contributed by atoms with van der Waals surface area (Å²) in [7, 11) is 0. The van der Waals surface area contributed by atoms with E-state index in [1.807, 2.05) is 6.92 Å². The number of fused-ring (bicyclic) bond motifs is 1. The molecule has 0 bridgehead atoms. The van der Waals surface area contributed by atoms with Crippen molar-refractivity contribution in [3.05, 3.63) is 39.5 Å². The van der Waals surface area contributed by atoms with E-state index in [4.69, 9.17) is 9.72 Å². The highest BCUT2D eigenvalue weighted by atomic mass is 32.1. The molecule has 4 rings (SSSR count). The molecule has 0 saturated carbocycles. The molecule has 22 heavy (non-hydrogen) atoms. The first-order chi connectivity index (χ1) is 10.8. The maximum absolute atomic E-state index is 5.97. The zero-order valence-electron chi connectivity index (χ0n) is 12.9. The summed E-state index contributed by atoms with van der Waals surface area (Å²) in [5, 5.41) is 2.12. The monoisotopic (exact) mass is 315 g/mol. The van der Waals surface area contributed by atoms with Crippen molar-refractivity contribution >= 4 is 17.2 Å². The molecule has 0 N–H and O–H groups in total. The summed E-state index contributed by atoms with van der Waals surface area (Å²) in [4.78, 5) is 13.2. The lowest BCUT2D eigenvalue weighted by Gasteiger charge is -2.35. The summed E-state index contributed by atoms with van der Waals surface area (Å²) in [6.45, 7) is 4.59. The van der Waals surface area contributed by atoms with Crippen LogP contribution < -0.4 is 4.90 Å². The van der Waals surface area contributed by atoms with Gasteiger partial charge in [0.1, 0.15) is 17.7 Å². The van der Waals surface area contributed by atoms with Gasteiger partial charge >= 0.3 is 0 Å². The third kappa shape index (κ3) is 2.63. The Bertz CT molecular complexity index is 656. The summed E-state index contributed by atoms with van der Waals surface area (Å²) >= 11 is 1.77. The predicted octanol–water partition coefficient (Wildman–Crippen LogP) is 3.30. The van der Waals surface area contributed by atoms with Crippen molar-refractivity contribution in [2.45, 2.75) is 38.7 Å². The molecular weight excluding hydrogens is 294 g/mol. The minimum Gasteiger partial charge on any atom is -0.369 e. The number of morpholine rings is 1. The van der Waals surface area contributed by atoms with E-state index >= 15 is 0 Å². The molecule has 1 aliphatic heterocycles. The maximum atomic E-state index is 5.97. The molecule has 1 saturated heterocycles. The van der Waals surface area contributed by atoms with Gasteiger partial charge in [-0.25, -0.2) is 9.97 Å². The van der Waals surface area contributed by atoms with Crippen LogP contribution in [0.5, 0.6) is 0 Å². The average molecular weight is 315 g/mol. The first-order valence-corrected chi connectivity index (χ1v) is 8.95. The number of aryl methyl sites for hydroxylation is 2. The van der Waals surface area contributed by atoms with Gasteiger partial charge in [-0.1, -0.05) is 6.07 Å². The second-order valence-electron chi connectivity index (χ2n) is 6.05. The highest BCUT2D eigenvalue weighted by molar-refractivity contribution is 7.10. The minimum absolute atomic E-state index is 0.170. The van der Waals surface area contributed by atoms with Crippen LogP contribution in [0.4, 0.5) is 5.82 Å². The quantitative estimate of drug-likeness (QED) is 0.852. The molecular formula is C17H21N3OS. The molecule has 0 aromatic carbocycles. The normalized spacial score (nSPS) is 21.7. The Morgan fingerprint density at radius 3 is 3.05 bits per heavy atom. The number of thiophene rings is 1. The van der Waals surface area contributed by atoms with Crippen LogP contribution in [0.25, 0.3) is 0 Å². The Labute approximate surface area is 135 Å². The fourth-order valence-electron chi connectivity index (χ4n) is 3.44. The Morgan fingerprint density at radius 2 is 2.18 bits per heavy atom. The Hall–Kier alpha value is -1.46. The molecule has 1 unspecified atom stereocenters. The molecule has 116 valence electrons. The van der Waals surface area contributed by atoms with E-state index in [1.165, 1.54) is 29.0 Å². The zero-order chi connectivity index (χ0) is 14.9. The Balaban J connectivity index is 1.65. The molecule has 2 aromatic rings. The highest BCUT2D eigenvalue weighted by Crippen LogP contribution is 2.32. The number of ether oxygens (including phenoxy) is 1. The number of anilines is 1. The lowest BCUT2D eigenvalue weighted by Crippen LogP contribution is -2.39. The van der Waals surface area contributed by atoms with E-state index in [0.29, 0.717) is 0 Å².